The quantitative estimate of drug-likeness (QED) is 0.529. The molecule has 2 aliphatic rings. The first-order chi connectivity index (χ1) is 16.1. The monoisotopic (exact) mass is 476 g/mol. The molecule has 7 heteroatoms. The number of piperidine rings is 1. The van der Waals surface area contributed by atoms with E-state index in [1.165, 1.54) is 0 Å². The number of likely N-dealkylation sites (tertiary alicyclic amines) is 1. The van der Waals surface area contributed by atoms with Crippen LogP contribution in [0, 0.1) is 23.7 Å². The Morgan fingerprint density at radius 1 is 1.03 bits per heavy atom. The summed E-state index contributed by atoms with van der Waals surface area (Å²) in [5.74, 6) is 0.508. The molecule has 1 saturated heterocycles. The third kappa shape index (κ3) is 3.90. The zero-order valence-electron chi connectivity index (χ0n) is 20.5. The van der Waals surface area contributed by atoms with Crippen LogP contribution < -0.4 is 5.32 Å². The van der Waals surface area contributed by atoms with Crippen LogP contribution in [0.25, 0.3) is 10.9 Å². The van der Waals surface area contributed by atoms with Crippen molar-refractivity contribution in [3.8, 4) is 0 Å². The molecular weight excluding hydrogens is 444 g/mol. The number of carbonyl (C=O) groups is 2. The van der Waals surface area contributed by atoms with E-state index in [9.17, 15) is 9.59 Å². The molecular formula is C27H32N4O2S. The number of hydrogen-bond acceptors (Lipinski definition) is 5. The number of amides is 2. The maximum absolute atomic E-state index is 13.1. The average molecular weight is 477 g/mol. The van der Waals surface area contributed by atoms with Gasteiger partial charge in [-0.3, -0.25) is 14.6 Å². The van der Waals surface area contributed by atoms with E-state index in [0.29, 0.717) is 17.5 Å². The topological polar surface area (TPSA) is 75.2 Å². The summed E-state index contributed by atoms with van der Waals surface area (Å²) >= 11 is 1.54. The molecule has 0 spiro atoms. The van der Waals surface area contributed by atoms with Gasteiger partial charge in [0.05, 0.1) is 10.5 Å². The standard InChI is InChI=1S/C27H32N4O2S/c1-16-6-7-18-14-19(8-9-20(18)28-16)29-23(32)21-15-34-24(30-21)17-10-12-31(13-11-17)25(33)22-26(2,3)27(22,4)5/h6-9,14-15,17,22H,10-13H2,1-5H3,(H,29,32). The lowest BCUT2D eigenvalue weighted by atomic mass is 9.96. The lowest BCUT2D eigenvalue weighted by Gasteiger charge is -2.31. The Hall–Kier alpha value is -2.80. The SMILES string of the molecule is Cc1ccc2cc(NC(=O)c3csc(C4CCN(C(=O)C5C(C)(C)C5(C)C)CC4)n3)ccc2n1. The van der Waals surface area contributed by atoms with Crippen LogP contribution in [0.5, 0.6) is 0 Å². The van der Waals surface area contributed by atoms with Crippen molar-refractivity contribution >= 4 is 39.7 Å². The van der Waals surface area contributed by atoms with Crippen molar-refractivity contribution < 1.29 is 9.59 Å². The normalized spacial score (nSPS) is 19.9. The van der Waals surface area contributed by atoms with Crippen molar-refractivity contribution in [1.82, 2.24) is 14.9 Å². The lowest BCUT2D eigenvalue weighted by molar-refractivity contribution is -0.134. The molecule has 0 radical (unpaired) electrons. The van der Waals surface area contributed by atoms with Gasteiger partial charge in [-0.25, -0.2) is 4.98 Å². The Balaban J connectivity index is 1.20. The molecule has 178 valence electrons. The number of thiazole rings is 1. The number of benzene rings is 1. The fourth-order valence-electron chi connectivity index (χ4n) is 5.42. The maximum Gasteiger partial charge on any atom is 0.275 e. The third-order valence-corrected chi connectivity index (χ3v) is 9.27. The molecule has 3 heterocycles. The van der Waals surface area contributed by atoms with Gasteiger partial charge in [0.15, 0.2) is 0 Å². The highest BCUT2D eigenvalue weighted by molar-refractivity contribution is 7.10. The van der Waals surface area contributed by atoms with E-state index in [-0.39, 0.29) is 22.7 Å². The number of rotatable bonds is 4. The highest BCUT2D eigenvalue weighted by atomic mass is 32.1. The Labute approximate surface area is 204 Å². The van der Waals surface area contributed by atoms with Gasteiger partial charge < -0.3 is 10.2 Å². The molecule has 1 saturated carbocycles. The van der Waals surface area contributed by atoms with Gasteiger partial charge in [-0.1, -0.05) is 33.8 Å². The number of fused-ring (bicyclic) bond motifs is 1. The molecule has 0 bridgehead atoms. The molecule has 1 aliphatic heterocycles. The molecule has 0 atom stereocenters. The van der Waals surface area contributed by atoms with Gasteiger partial charge in [-0.05, 0) is 54.9 Å². The fraction of sp³-hybridized carbons (Fsp3) is 0.481. The van der Waals surface area contributed by atoms with E-state index in [4.69, 9.17) is 0 Å². The second-order valence-corrected chi connectivity index (χ2v) is 11.8. The Morgan fingerprint density at radius 3 is 2.41 bits per heavy atom. The van der Waals surface area contributed by atoms with Crippen molar-refractivity contribution in [3.05, 3.63) is 52.1 Å². The van der Waals surface area contributed by atoms with Gasteiger partial charge in [-0.2, -0.15) is 0 Å². The maximum atomic E-state index is 13.1. The number of aromatic nitrogens is 2. The number of carbonyl (C=O) groups excluding carboxylic acids is 2. The van der Waals surface area contributed by atoms with Crippen molar-refractivity contribution in [1.29, 1.82) is 0 Å². The fourth-order valence-corrected chi connectivity index (χ4v) is 6.39. The number of hydrogen-bond donors (Lipinski definition) is 1. The number of nitrogens with zero attached hydrogens (tertiary/aromatic N) is 3. The zero-order valence-corrected chi connectivity index (χ0v) is 21.3. The predicted octanol–water partition coefficient (Wildman–Crippen LogP) is 5.64. The van der Waals surface area contributed by atoms with Crippen LogP contribution in [0.4, 0.5) is 5.69 Å². The first kappa shape index (κ1) is 23.0. The van der Waals surface area contributed by atoms with E-state index in [1.807, 2.05) is 47.5 Å². The van der Waals surface area contributed by atoms with Crippen LogP contribution in [-0.2, 0) is 4.79 Å². The van der Waals surface area contributed by atoms with E-state index in [2.05, 4.69) is 43.0 Å². The zero-order chi connectivity index (χ0) is 24.3. The molecule has 5 rings (SSSR count). The molecule has 0 unspecified atom stereocenters. The molecule has 1 aliphatic carbocycles. The van der Waals surface area contributed by atoms with E-state index >= 15 is 0 Å². The summed E-state index contributed by atoms with van der Waals surface area (Å²) in [5.41, 5.74) is 3.19. The minimum atomic E-state index is -0.201. The Morgan fingerprint density at radius 2 is 1.74 bits per heavy atom. The number of pyridine rings is 1. The van der Waals surface area contributed by atoms with Crippen molar-refractivity contribution in [2.75, 3.05) is 18.4 Å². The van der Waals surface area contributed by atoms with Gasteiger partial charge in [0.2, 0.25) is 5.91 Å². The van der Waals surface area contributed by atoms with Crippen LogP contribution in [0.2, 0.25) is 0 Å². The van der Waals surface area contributed by atoms with Crippen molar-refractivity contribution in [2.45, 2.75) is 53.4 Å². The van der Waals surface area contributed by atoms with Gasteiger partial charge in [0.25, 0.3) is 5.91 Å². The van der Waals surface area contributed by atoms with Gasteiger partial charge in [0, 0.05) is 47.1 Å². The molecule has 6 nitrogen and oxygen atoms in total. The summed E-state index contributed by atoms with van der Waals surface area (Å²) < 4.78 is 0. The van der Waals surface area contributed by atoms with E-state index in [1.54, 1.807) is 11.3 Å². The second kappa shape index (κ2) is 8.15. The number of anilines is 1. The number of nitrogens with one attached hydrogen (secondary N) is 1. The van der Waals surface area contributed by atoms with Gasteiger partial charge in [0.1, 0.15) is 5.69 Å². The smallest absolute Gasteiger partial charge is 0.275 e. The first-order valence-corrected chi connectivity index (χ1v) is 12.9. The minimum Gasteiger partial charge on any atom is -0.342 e. The van der Waals surface area contributed by atoms with Crippen LogP contribution >= 0.6 is 11.3 Å². The predicted molar refractivity (Wildman–Crippen MR) is 136 cm³/mol. The highest BCUT2D eigenvalue weighted by Crippen LogP contribution is 2.68. The molecule has 34 heavy (non-hydrogen) atoms. The van der Waals surface area contributed by atoms with Crippen LogP contribution in [0.1, 0.15) is 67.6 Å². The summed E-state index contributed by atoms with van der Waals surface area (Å²) in [5, 5.41) is 6.78. The average Bonchev–Trinajstić information content (AvgIpc) is 3.13. The summed E-state index contributed by atoms with van der Waals surface area (Å²) in [7, 11) is 0. The molecule has 1 N–H and O–H groups in total. The minimum absolute atomic E-state index is 0.0685. The first-order valence-electron chi connectivity index (χ1n) is 12.0. The molecule has 3 aromatic rings. The van der Waals surface area contributed by atoms with Crippen LogP contribution in [0.3, 0.4) is 0 Å². The van der Waals surface area contributed by atoms with E-state index < -0.39 is 0 Å². The van der Waals surface area contributed by atoms with Crippen LogP contribution in [0.15, 0.2) is 35.7 Å². The third-order valence-electron chi connectivity index (χ3n) is 8.26. The summed E-state index contributed by atoms with van der Waals surface area (Å²) in [6.45, 7) is 12.3. The van der Waals surface area contributed by atoms with Crippen LogP contribution in [-0.4, -0.2) is 39.8 Å². The molecule has 2 fully saturated rings. The van der Waals surface area contributed by atoms with Crippen molar-refractivity contribution in [2.24, 2.45) is 16.7 Å². The largest absolute Gasteiger partial charge is 0.342 e. The second-order valence-electron chi connectivity index (χ2n) is 10.9. The Bertz CT molecular complexity index is 1260. The molecule has 2 amide bonds. The van der Waals surface area contributed by atoms with Gasteiger partial charge in [-0.15, -0.1) is 11.3 Å². The number of aryl methyl sites for hydroxylation is 1. The lowest BCUT2D eigenvalue weighted by Crippen LogP contribution is -2.39. The highest BCUT2D eigenvalue weighted by Gasteiger charge is 2.68. The van der Waals surface area contributed by atoms with E-state index in [0.717, 1.165) is 53.2 Å². The summed E-state index contributed by atoms with van der Waals surface area (Å²) in [4.78, 5) is 37.1. The van der Waals surface area contributed by atoms with Gasteiger partial charge >= 0.3 is 0 Å². The van der Waals surface area contributed by atoms with Crippen molar-refractivity contribution in [3.63, 3.8) is 0 Å². The summed E-state index contributed by atoms with van der Waals surface area (Å²) in [6.07, 6.45) is 1.79. The Kier molecular flexibility index (Phi) is 5.51. The molecule has 2 aromatic heterocycles. The summed E-state index contributed by atoms with van der Waals surface area (Å²) in [6, 6.07) is 9.70. The molecule has 1 aromatic carbocycles.